The standard InChI is InChI=1S/C14H22N2OS/c1-9(2)7-10(3)16(4)14-15-13(11-5-6-11)12(8-17)18-14/h8-11H,5-7H2,1-4H3. The lowest BCUT2D eigenvalue weighted by molar-refractivity contribution is 0.112. The van der Waals surface area contributed by atoms with E-state index in [0.29, 0.717) is 17.9 Å². The van der Waals surface area contributed by atoms with E-state index in [1.54, 1.807) is 0 Å². The van der Waals surface area contributed by atoms with E-state index in [1.165, 1.54) is 24.2 Å². The Morgan fingerprint density at radius 3 is 2.61 bits per heavy atom. The van der Waals surface area contributed by atoms with Gasteiger partial charge in [-0.3, -0.25) is 4.79 Å². The van der Waals surface area contributed by atoms with Gasteiger partial charge in [-0.05, 0) is 32.1 Å². The molecule has 1 aromatic heterocycles. The monoisotopic (exact) mass is 266 g/mol. The van der Waals surface area contributed by atoms with Gasteiger partial charge in [0.15, 0.2) is 11.4 Å². The summed E-state index contributed by atoms with van der Waals surface area (Å²) < 4.78 is 0. The van der Waals surface area contributed by atoms with E-state index >= 15 is 0 Å². The molecule has 0 N–H and O–H groups in total. The molecule has 1 aliphatic carbocycles. The lowest BCUT2D eigenvalue weighted by atomic mass is 10.0. The molecule has 0 amide bonds. The van der Waals surface area contributed by atoms with Crippen LogP contribution in [0.25, 0.3) is 0 Å². The van der Waals surface area contributed by atoms with Crippen LogP contribution in [0.1, 0.15) is 61.3 Å². The zero-order valence-corrected chi connectivity index (χ0v) is 12.5. The van der Waals surface area contributed by atoms with Gasteiger partial charge in [-0.15, -0.1) is 0 Å². The number of carbonyl (C=O) groups is 1. The molecule has 100 valence electrons. The van der Waals surface area contributed by atoms with Crippen molar-refractivity contribution in [3.63, 3.8) is 0 Å². The third kappa shape index (κ3) is 2.91. The summed E-state index contributed by atoms with van der Waals surface area (Å²) in [5.74, 6) is 1.22. The summed E-state index contributed by atoms with van der Waals surface area (Å²) in [6.45, 7) is 6.69. The Balaban J connectivity index is 2.14. The Morgan fingerprint density at radius 2 is 2.11 bits per heavy atom. The summed E-state index contributed by atoms with van der Waals surface area (Å²) in [5, 5.41) is 0.993. The molecule has 1 saturated carbocycles. The first kappa shape index (κ1) is 13.5. The van der Waals surface area contributed by atoms with Gasteiger partial charge >= 0.3 is 0 Å². The zero-order chi connectivity index (χ0) is 13.3. The van der Waals surface area contributed by atoms with Crippen LogP contribution in [0.3, 0.4) is 0 Å². The summed E-state index contributed by atoms with van der Waals surface area (Å²) in [4.78, 5) is 18.8. The van der Waals surface area contributed by atoms with Crippen molar-refractivity contribution in [1.29, 1.82) is 0 Å². The van der Waals surface area contributed by atoms with Crippen molar-refractivity contribution in [2.75, 3.05) is 11.9 Å². The number of nitrogens with zero attached hydrogens (tertiary/aromatic N) is 2. The topological polar surface area (TPSA) is 33.2 Å². The van der Waals surface area contributed by atoms with E-state index < -0.39 is 0 Å². The second kappa shape index (κ2) is 5.39. The van der Waals surface area contributed by atoms with Crippen molar-refractivity contribution in [2.24, 2.45) is 5.92 Å². The van der Waals surface area contributed by atoms with Gasteiger partial charge in [0, 0.05) is 19.0 Å². The highest BCUT2D eigenvalue weighted by Gasteiger charge is 2.30. The molecule has 0 bridgehead atoms. The Bertz CT molecular complexity index is 423. The molecule has 0 spiro atoms. The highest BCUT2D eigenvalue weighted by atomic mass is 32.1. The molecule has 1 heterocycles. The Hall–Kier alpha value is -0.900. The fourth-order valence-corrected chi connectivity index (χ4v) is 3.27. The van der Waals surface area contributed by atoms with Gasteiger partial charge in [0.1, 0.15) is 0 Å². The number of thiazole rings is 1. The van der Waals surface area contributed by atoms with E-state index in [9.17, 15) is 4.79 Å². The first-order chi connectivity index (χ1) is 8.52. The smallest absolute Gasteiger partial charge is 0.186 e. The van der Waals surface area contributed by atoms with Crippen LogP contribution in [0.15, 0.2) is 0 Å². The lowest BCUT2D eigenvalue weighted by Crippen LogP contribution is -2.29. The third-order valence-corrected chi connectivity index (χ3v) is 4.60. The largest absolute Gasteiger partial charge is 0.348 e. The van der Waals surface area contributed by atoms with Crippen molar-refractivity contribution in [2.45, 2.75) is 52.0 Å². The Morgan fingerprint density at radius 1 is 1.44 bits per heavy atom. The minimum atomic E-state index is 0.461. The van der Waals surface area contributed by atoms with Gasteiger partial charge in [-0.2, -0.15) is 0 Å². The van der Waals surface area contributed by atoms with Crippen molar-refractivity contribution < 1.29 is 4.79 Å². The minimum absolute atomic E-state index is 0.461. The zero-order valence-electron chi connectivity index (χ0n) is 11.6. The van der Waals surface area contributed by atoms with E-state index in [4.69, 9.17) is 0 Å². The number of anilines is 1. The molecule has 2 rings (SSSR count). The van der Waals surface area contributed by atoms with E-state index in [0.717, 1.165) is 28.4 Å². The first-order valence-corrected chi connectivity index (χ1v) is 7.53. The van der Waals surface area contributed by atoms with Crippen LogP contribution >= 0.6 is 11.3 Å². The molecule has 1 aromatic rings. The second-order valence-electron chi connectivity index (χ2n) is 5.73. The normalized spacial score (nSPS) is 16.9. The van der Waals surface area contributed by atoms with E-state index in [2.05, 4.69) is 37.7 Å². The van der Waals surface area contributed by atoms with Gasteiger partial charge in [0.25, 0.3) is 0 Å². The summed E-state index contributed by atoms with van der Waals surface area (Å²) in [6, 6.07) is 0.461. The average molecular weight is 266 g/mol. The molecule has 0 radical (unpaired) electrons. The maximum atomic E-state index is 11.1. The Kier molecular flexibility index (Phi) is 4.05. The molecule has 4 heteroatoms. The molecular weight excluding hydrogens is 244 g/mol. The van der Waals surface area contributed by atoms with Crippen molar-refractivity contribution in [3.05, 3.63) is 10.6 Å². The number of hydrogen-bond donors (Lipinski definition) is 0. The van der Waals surface area contributed by atoms with Crippen molar-refractivity contribution in [1.82, 2.24) is 4.98 Å². The highest BCUT2D eigenvalue weighted by Crippen LogP contribution is 2.43. The number of hydrogen-bond acceptors (Lipinski definition) is 4. The lowest BCUT2D eigenvalue weighted by Gasteiger charge is -2.25. The predicted molar refractivity (Wildman–Crippen MR) is 76.8 cm³/mol. The summed E-state index contributed by atoms with van der Waals surface area (Å²) in [7, 11) is 2.08. The number of aromatic nitrogens is 1. The number of aldehydes is 1. The fourth-order valence-electron chi connectivity index (χ4n) is 2.24. The summed E-state index contributed by atoms with van der Waals surface area (Å²) in [5.41, 5.74) is 1.04. The fraction of sp³-hybridized carbons (Fsp3) is 0.714. The molecule has 1 unspecified atom stereocenters. The highest BCUT2D eigenvalue weighted by molar-refractivity contribution is 7.17. The molecule has 1 aliphatic rings. The van der Waals surface area contributed by atoms with Crippen LogP contribution in [0.5, 0.6) is 0 Å². The molecule has 1 atom stereocenters. The first-order valence-electron chi connectivity index (χ1n) is 6.71. The second-order valence-corrected chi connectivity index (χ2v) is 6.74. The summed E-state index contributed by atoms with van der Waals surface area (Å²) in [6.07, 6.45) is 4.49. The van der Waals surface area contributed by atoms with Gasteiger partial charge in [0.05, 0.1) is 10.6 Å². The molecule has 0 aromatic carbocycles. The van der Waals surface area contributed by atoms with Crippen LogP contribution in [0, 0.1) is 5.92 Å². The Labute approximate surface area is 113 Å². The average Bonchev–Trinajstić information content (AvgIpc) is 3.07. The SMILES string of the molecule is CC(C)CC(C)N(C)c1nc(C2CC2)c(C=O)s1. The number of carbonyl (C=O) groups excluding carboxylic acids is 1. The quantitative estimate of drug-likeness (QED) is 0.736. The maximum Gasteiger partial charge on any atom is 0.186 e. The van der Waals surface area contributed by atoms with Crippen LogP contribution in [-0.2, 0) is 0 Å². The van der Waals surface area contributed by atoms with Crippen LogP contribution in [0.4, 0.5) is 5.13 Å². The van der Waals surface area contributed by atoms with E-state index in [-0.39, 0.29) is 0 Å². The van der Waals surface area contributed by atoms with E-state index in [1.807, 2.05) is 0 Å². The predicted octanol–water partition coefficient (Wildman–Crippen LogP) is 3.70. The van der Waals surface area contributed by atoms with Crippen LogP contribution in [0.2, 0.25) is 0 Å². The van der Waals surface area contributed by atoms with Crippen LogP contribution < -0.4 is 4.90 Å². The molecule has 0 aliphatic heterocycles. The van der Waals surface area contributed by atoms with Crippen LogP contribution in [-0.4, -0.2) is 24.4 Å². The molecule has 3 nitrogen and oxygen atoms in total. The molecule has 18 heavy (non-hydrogen) atoms. The molecule has 1 fully saturated rings. The van der Waals surface area contributed by atoms with Crippen molar-refractivity contribution >= 4 is 22.8 Å². The van der Waals surface area contributed by atoms with Gasteiger partial charge in [-0.1, -0.05) is 25.2 Å². The minimum Gasteiger partial charge on any atom is -0.348 e. The maximum absolute atomic E-state index is 11.1. The molecular formula is C14H22N2OS. The third-order valence-electron chi connectivity index (χ3n) is 3.52. The van der Waals surface area contributed by atoms with Crippen molar-refractivity contribution in [3.8, 4) is 0 Å². The molecule has 0 saturated heterocycles. The van der Waals surface area contributed by atoms with Gasteiger partial charge < -0.3 is 4.90 Å². The number of rotatable bonds is 6. The summed E-state index contributed by atoms with van der Waals surface area (Å²) >= 11 is 1.54. The van der Waals surface area contributed by atoms with Gasteiger partial charge in [-0.25, -0.2) is 4.98 Å². The van der Waals surface area contributed by atoms with Gasteiger partial charge in [0.2, 0.25) is 0 Å².